The van der Waals surface area contributed by atoms with Gasteiger partial charge in [-0.3, -0.25) is 0 Å². The molecule has 5 nitrogen and oxygen atoms in total. The van der Waals surface area contributed by atoms with Crippen molar-refractivity contribution < 1.29 is 20.1 Å². The van der Waals surface area contributed by atoms with Crippen LogP contribution in [0.1, 0.15) is 22.0 Å². The molecule has 0 aliphatic carbocycles. The molecule has 1 rings (SSSR count). The molecule has 0 aromatic heterocycles. The fourth-order valence-electron chi connectivity index (χ4n) is 1.23. The zero-order valence-corrected chi connectivity index (χ0v) is 9.23. The predicted molar refractivity (Wildman–Crippen MR) is 56.8 cm³/mol. The number of aliphatic hydroxyl groups excluding tert-OH is 1. The van der Waals surface area contributed by atoms with Gasteiger partial charge in [0.25, 0.3) is 0 Å². The number of aliphatic hydroxyl groups is 1. The van der Waals surface area contributed by atoms with Gasteiger partial charge in [0.05, 0.1) is 22.7 Å². The Bertz CT molecular complexity index is 394. The first-order valence-corrected chi connectivity index (χ1v) is 4.89. The minimum absolute atomic E-state index is 0.0272. The van der Waals surface area contributed by atoms with Crippen molar-refractivity contribution >= 4 is 21.9 Å². The number of carboxylic acid groups (broad SMARTS) is 1. The second-order valence-electron chi connectivity index (χ2n) is 2.95. The number of benzene rings is 1. The van der Waals surface area contributed by atoms with Crippen molar-refractivity contribution in [3.63, 3.8) is 0 Å². The van der Waals surface area contributed by atoms with Crippen molar-refractivity contribution in [2.24, 2.45) is 5.73 Å². The van der Waals surface area contributed by atoms with Gasteiger partial charge in [-0.25, -0.2) is 4.79 Å². The maximum atomic E-state index is 10.8. The monoisotopic (exact) mass is 275 g/mol. The lowest BCUT2D eigenvalue weighted by atomic mass is 10.0. The molecule has 1 aromatic rings. The summed E-state index contributed by atoms with van der Waals surface area (Å²) in [5.41, 5.74) is 5.42. The highest BCUT2D eigenvalue weighted by Gasteiger charge is 2.21. The third-order valence-electron chi connectivity index (χ3n) is 1.97. The maximum absolute atomic E-state index is 10.8. The van der Waals surface area contributed by atoms with Gasteiger partial charge in [-0.2, -0.15) is 0 Å². The number of phenolic OH excluding ortho intramolecular Hbond substituents is 1. The third-order valence-corrected chi connectivity index (χ3v) is 2.61. The number of carboxylic acids is 1. The number of phenols is 1. The summed E-state index contributed by atoms with van der Waals surface area (Å²) in [5.74, 6) is -1.45. The first-order chi connectivity index (χ1) is 6.99. The summed E-state index contributed by atoms with van der Waals surface area (Å²) in [6, 6.07) is 1.80. The Hall–Kier alpha value is -1.11. The largest absolute Gasteiger partial charge is 0.506 e. The lowest BCUT2D eigenvalue weighted by molar-refractivity contribution is 0.0694. The van der Waals surface area contributed by atoms with E-state index < -0.39 is 18.6 Å². The van der Waals surface area contributed by atoms with Crippen LogP contribution in [0.2, 0.25) is 0 Å². The van der Waals surface area contributed by atoms with Crippen LogP contribution in [-0.2, 0) is 0 Å². The summed E-state index contributed by atoms with van der Waals surface area (Å²) >= 11 is 3.05. The number of aromatic hydroxyl groups is 1. The van der Waals surface area contributed by atoms with E-state index in [4.69, 9.17) is 15.9 Å². The first kappa shape index (κ1) is 12.0. The minimum Gasteiger partial charge on any atom is -0.506 e. The molecule has 1 atom stereocenters. The van der Waals surface area contributed by atoms with Gasteiger partial charge in [-0.1, -0.05) is 0 Å². The molecule has 0 heterocycles. The van der Waals surface area contributed by atoms with Crippen molar-refractivity contribution in [1.29, 1.82) is 0 Å². The predicted octanol–water partition coefficient (Wildman–Crippen LogP) is 0.845. The Labute approximate surface area is 94.3 Å². The van der Waals surface area contributed by atoms with E-state index in [1.54, 1.807) is 0 Å². The molecular formula is C9H10BrNO4. The number of aromatic carboxylic acids is 1. The van der Waals surface area contributed by atoms with Gasteiger partial charge in [0.2, 0.25) is 0 Å². The third kappa shape index (κ3) is 2.28. The molecule has 0 aliphatic heterocycles. The number of nitrogens with two attached hydrogens (primary N) is 1. The lowest BCUT2D eigenvalue weighted by Gasteiger charge is -2.14. The SMILES string of the molecule is N[C@@H](CO)c1c(C(=O)O)ccc(Br)c1O. The highest BCUT2D eigenvalue weighted by Crippen LogP contribution is 2.33. The van der Waals surface area contributed by atoms with Crippen LogP contribution >= 0.6 is 15.9 Å². The first-order valence-electron chi connectivity index (χ1n) is 4.10. The van der Waals surface area contributed by atoms with Crippen LogP contribution < -0.4 is 5.73 Å². The Morgan fingerprint density at radius 1 is 1.53 bits per heavy atom. The topological polar surface area (TPSA) is 104 Å². The summed E-state index contributed by atoms with van der Waals surface area (Å²) in [7, 11) is 0. The number of rotatable bonds is 3. The minimum atomic E-state index is -1.20. The fraction of sp³-hybridized carbons (Fsp3) is 0.222. The van der Waals surface area contributed by atoms with Crippen molar-refractivity contribution in [2.75, 3.05) is 6.61 Å². The van der Waals surface area contributed by atoms with Gasteiger partial charge in [-0.15, -0.1) is 0 Å². The summed E-state index contributed by atoms with van der Waals surface area (Å²) in [4.78, 5) is 10.8. The van der Waals surface area contributed by atoms with E-state index >= 15 is 0 Å². The van der Waals surface area contributed by atoms with E-state index in [-0.39, 0.29) is 16.9 Å². The quantitative estimate of drug-likeness (QED) is 0.655. The van der Waals surface area contributed by atoms with Crippen LogP contribution in [0.15, 0.2) is 16.6 Å². The zero-order valence-electron chi connectivity index (χ0n) is 7.64. The van der Waals surface area contributed by atoms with E-state index in [9.17, 15) is 9.90 Å². The fourth-order valence-corrected chi connectivity index (χ4v) is 1.58. The molecule has 5 N–H and O–H groups in total. The number of carbonyl (C=O) groups is 1. The van der Waals surface area contributed by atoms with Crippen LogP contribution in [0, 0.1) is 0 Å². The average Bonchev–Trinajstić information content (AvgIpc) is 2.20. The molecule has 6 heteroatoms. The second-order valence-corrected chi connectivity index (χ2v) is 3.81. The van der Waals surface area contributed by atoms with E-state index in [1.165, 1.54) is 12.1 Å². The van der Waals surface area contributed by atoms with Crippen LogP contribution in [-0.4, -0.2) is 27.9 Å². The van der Waals surface area contributed by atoms with Crippen LogP contribution in [0.25, 0.3) is 0 Å². The summed E-state index contributed by atoms with van der Waals surface area (Å²) in [6.45, 7) is -0.440. The Morgan fingerprint density at radius 3 is 2.60 bits per heavy atom. The molecule has 15 heavy (non-hydrogen) atoms. The Kier molecular flexibility index (Phi) is 3.67. The highest BCUT2D eigenvalue weighted by molar-refractivity contribution is 9.10. The molecule has 0 saturated carbocycles. The normalized spacial score (nSPS) is 12.5. The van der Waals surface area contributed by atoms with Crippen molar-refractivity contribution in [2.45, 2.75) is 6.04 Å². The Morgan fingerprint density at radius 2 is 2.13 bits per heavy atom. The number of hydrogen-bond donors (Lipinski definition) is 4. The van der Waals surface area contributed by atoms with Gasteiger partial charge < -0.3 is 21.1 Å². The molecule has 1 aromatic carbocycles. The molecule has 0 amide bonds. The summed E-state index contributed by atoms with van der Waals surface area (Å²) in [6.07, 6.45) is 0. The smallest absolute Gasteiger partial charge is 0.336 e. The van der Waals surface area contributed by atoms with Crippen LogP contribution in [0.3, 0.4) is 0 Å². The van der Waals surface area contributed by atoms with E-state index in [0.717, 1.165) is 0 Å². The number of halogens is 1. The second kappa shape index (κ2) is 4.61. The highest BCUT2D eigenvalue weighted by atomic mass is 79.9. The van der Waals surface area contributed by atoms with Gasteiger partial charge in [0, 0.05) is 5.56 Å². The van der Waals surface area contributed by atoms with E-state index in [2.05, 4.69) is 15.9 Å². The molecule has 82 valence electrons. The molecule has 0 spiro atoms. The summed E-state index contributed by atoms with van der Waals surface area (Å²) in [5, 5.41) is 27.4. The van der Waals surface area contributed by atoms with Crippen molar-refractivity contribution in [3.8, 4) is 5.75 Å². The molecule has 0 radical (unpaired) electrons. The zero-order chi connectivity index (χ0) is 11.6. The van der Waals surface area contributed by atoms with E-state index in [0.29, 0.717) is 4.47 Å². The molecule has 0 unspecified atom stereocenters. The van der Waals surface area contributed by atoms with Crippen molar-refractivity contribution in [3.05, 3.63) is 27.7 Å². The van der Waals surface area contributed by atoms with Gasteiger partial charge in [0.1, 0.15) is 5.75 Å². The van der Waals surface area contributed by atoms with Crippen molar-refractivity contribution in [1.82, 2.24) is 0 Å². The average molecular weight is 276 g/mol. The molecular weight excluding hydrogens is 266 g/mol. The van der Waals surface area contributed by atoms with Gasteiger partial charge in [0.15, 0.2) is 0 Å². The van der Waals surface area contributed by atoms with Gasteiger partial charge in [-0.05, 0) is 28.1 Å². The van der Waals surface area contributed by atoms with Crippen LogP contribution in [0.5, 0.6) is 5.75 Å². The van der Waals surface area contributed by atoms with Crippen LogP contribution in [0.4, 0.5) is 0 Å². The molecule has 0 aliphatic rings. The van der Waals surface area contributed by atoms with E-state index in [1.807, 2.05) is 0 Å². The standard InChI is InChI=1S/C9H10BrNO4/c10-5-2-1-4(9(14)15)7(8(5)13)6(11)3-12/h1-2,6,12-13H,3,11H2,(H,14,15)/t6-/m0/s1. The molecule has 0 fully saturated rings. The maximum Gasteiger partial charge on any atom is 0.336 e. The molecule has 0 bridgehead atoms. The lowest BCUT2D eigenvalue weighted by Crippen LogP contribution is -2.18. The Balaban J connectivity index is 3.41. The van der Waals surface area contributed by atoms with Gasteiger partial charge >= 0.3 is 5.97 Å². The molecule has 0 saturated heterocycles. The summed E-state index contributed by atoms with van der Waals surface area (Å²) < 4.78 is 0.339. The number of hydrogen-bond acceptors (Lipinski definition) is 4.